The Morgan fingerprint density at radius 2 is 1.25 bits per heavy atom. The van der Waals surface area contributed by atoms with Crippen molar-refractivity contribution in [3.8, 4) is 0 Å². The first-order chi connectivity index (χ1) is 5.54. The van der Waals surface area contributed by atoms with Gasteiger partial charge in [0.05, 0.1) is 11.8 Å². The first kappa shape index (κ1) is 11.9. The standard InChI is InChI=1S/C6H8Br2O4/c7-1-3(5(9)10)4(2-8)6(11)12/h3-4H,1-2H2,(H,9,10)(H,11,12). The number of hydrogen-bond donors (Lipinski definition) is 2. The normalized spacial score (nSPS) is 15.2. The molecule has 12 heavy (non-hydrogen) atoms. The summed E-state index contributed by atoms with van der Waals surface area (Å²) in [6.07, 6.45) is 0. The van der Waals surface area contributed by atoms with E-state index in [1.54, 1.807) is 0 Å². The average molecular weight is 304 g/mol. The Balaban J connectivity index is 4.44. The summed E-state index contributed by atoms with van der Waals surface area (Å²) in [5.74, 6) is -3.97. The highest BCUT2D eigenvalue weighted by atomic mass is 79.9. The molecule has 0 aliphatic rings. The summed E-state index contributed by atoms with van der Waals surface area (Å²) in [4.78, 5) is 21.0. The SMILES string of the molecule is O=C(O)C(CBr)C(CBr)C(=O)O. The molecule has 0 rings (SSSR count). The molecule has 0 aromatic heterocycles. The lowest BCUT2D eigenvalue weighted by molar-refractivity contribution is -0.151. The summed E-state index contributed by atoms with van der Waals surface area (Å²) >= 11 is 5.92. The maximum atomic E-state index is 10.5. The van der Waals surface area contributed by atoms with Gasteiger partial charge in [0.1, 0.15) is 0 Å². The third-order valence-corrected chi connectivity index (χ3v) is 2.85. The number of hydrogen-bond acceptors (Lipinski definition) is 2. The minimum Gasteiger partial charge on any atom is -0.481 e. The predicted molar refractivity (Wildman–Crippen MR) is 49.8 cm³/mol. The number of halogens is 2. The van der Waals surface area contributed by atoms with E-state index in [1.807, 2.05) is 0 Å². The van der Waals surface area contributed by atoms with Gasteiger partial charge in [-0.2, -0.15) is 0 Å². The fraction of sp³-hybridized carbons (Fsp3) is 0.667. The molecule has 2 unspecified atom stereocenters. The summed E-state index contributed by atoms with van der Waals surface area (Å²) in [5, 5.41) is 17.5. The van der Waals surface area contributed by atoms with Gasteiger partial charge in [-0.25, -0.2) is 0 Å². The van der Waals surface area contributed by atoms with Gasteiger partial charge in [0.15, 0.2) is 0 Å². The fourth-order valence-electron chi connectivity index (χ4n) is 0.691. The molecule has 0 aromatic rings. The van der Waals surface area contributed by atoms with E-state index in [2.05, 4.69) is 31.9 Å². The molecule has 6 heteroatoms. The van der Waals surface area contributed by atoms with E-state index in [9.17, 15) is 9.59 Å². The van der Waals surface area contributed by atoms with E-state index in [4.69, 9.17) is 10.2 Å². The summed E-state index contributed by atoms with van der Waals surface area (Å²) in [6, 6.07) is 0. The first-order valence-corrected chi connectivity index (χ1v) is 5.36. The second-order valence-electron chi connectivity index (χ2n) is 2.20. The van der Waals surface area contributed by atoms with E-state index in [0.29, 0.717) is 0 Å². The smallest absolute Gasteiger partial charge is 0.308 e. The fourth-order valence-corrected chi connectivity index (χ4v) is 2.15. The highest BCUT2D eigenvalue weighted by Gasteiger charge is 2.31. The Kier molecular flexibility index (Phi) is 5.48. The molecule has 2 N–H and O–H groups in total. The Hall–Kier alpha value is -0.100. The molecule has 70 valence electrons. The summed E-state index contributed by atoms with van der Waals surface area (Å²) in [6.45, 7) is 0. The van der Waals surface area contributed by atoms with Crippen LogP contribution in [0.15, 0.2) is 0 Å². The first-order valence-electron chi connectivity index (χ1n) is 3.12. The van der Waals surface area contributed by atoms with Crippen LogP contribution in [0, 0.1) is 11.8 Å². The van der Waals surface area contributed by atoms with Crippen molar-refractivity contribution < 1.29 is 19.8 Å². The van der Waals surface area contributed by atoms with E-state index >= 15 is 0 Å². The third-order valence-electron chi connectivity index (χ3n) is 1.45. The van der Waals surface area contributed by atoms with Gasteiger partial charge < -0.3 is 10.2 Å². The minimum absolute atomic E-state index is 0.144. The molecule has 0 fully saturated rings. The molecule has 2 atom stereocenters. The zero-order valence-electron chi connectivity index (χ0n) is 6.04. The van der Waals surface area contributed by atoms with Gasteiger partial charge in [-0.3, -0.25) is 9.59 Å². The Labute approximate surface area is 86.2 Å². The number of alkyl halides is 2. The van der Waals surface area contributed by atoms with Gasteiger partial charge in [0.25, 0.3) is 0 Å². The van der Waals surface area contributed by atoms with Crippen molar-refractivity contribution in [1.82, 2.24) is 0 Å². The number of carbonyl (C=O) groups is 2. The summed E-state index contributed by atoms with van der Waals surface area (Å²) in [5.41, 5.74) is 0. The van der Waals surface area contributed by atoms with Gasteiger partial charge in [-0.05, 0) is 0 Å². The van der Waals surface area contributed by atoms with Gasteiger partial charge in [0.2, 0.25) is 0 Å². The number of carboxylic acid groups (broad SMARTS) is 2. The number of rotatable bonds is 5. The molecule has 0 bridgehead atoms. The second-order valence-corrected chi connectivity index (χ2v) is 3.49. The monoisotopic (exact) mass is 302 g/mol. The lowest BCUT2D eigenvalue weighted by Gasteiger charge is -2.14. The van der Waals surface area contributed by atoms with E-state index < -0.39 is 23.8 Å². The lowest BCUT2D eigenvalue weighted by atomic mass is 9.96. The van der Waals surface area contributed by atoms with E-state index in [-0.39, 0.29) is 10.7 Å². The highest BCUT2D eigenvalue weighted by molar-refractivity contribution is 9.09. The van der Waals surface area contributed by atoms with Crippen LogP contribution in [0.5, 0.6) is 0 Å². The molecule has 0 heterocycles. The molecule has 0 amide bonds. The zero-order valence-corrected chi connectivity index (χ0v) is 9.21. The molecule has 0 saturated heterocycles. The van der Waals surface area contributed by atoms with Crippen LogP contribution in [-0.4, -0.2) is 32.8 Å². The Bertz CT molecular complexity index is 162. The molecule has 4 nitrogen and oxygen atoms in total. The largest absolute Gasteiger partial charge is 0.481 e. The van der Waals surface area contributed by atoms with Gasteiger partial charge in [-0.15, -0.1) is 0 Å². The summed E-state index contributed by atoms with van der Waals surface area (Å²) in [7, 11) is 0. The van der Waals surface area contributed by atoms with Crippen molar-refractivity contribution in [1.29, 1.82) is 0 Å². The Morgan fingerprint density at radius 1 is 1.00 bits per heavy atom. The van der Waals surface area contributed by atoms with Crippen LogP contribution in [0.1, 0.15) is 0 Å². The van der Waals surface area contributed by atoms with Crippen molar-refractivity contribution >= 4 is 43.8 Å². The molecule has 0 radical (unpaired) electrons. The molecule has 0 spiro atoms. The van der Waals surface area contributed by atoms with Crippen LogP contribution in [0.2, 0.25) is 0 Å². The minimum atomic E-state index is -1.10. The van der Waals surface area contributed by atoms with Crippen LogP contribution in [0.3, 0.4) is 0 Å². The average Bonchev–Trinajstić information content (AvgIpc) is 1.98. The maximum absolute atomic E-state index is 10.5. The molecule has 0 aliphatic carbocycles. The molecule has 0 aliphatic heterocycles. The van der Waals surface area contributed by atoms with Crippen molar-refractivity contribution in [3.05, 3.63) is 0 Å². The molecule has 0 aromatic carbocycles. The van der Waals surface area contributed by atoms with Crippen molar-refractivity contribution in [3.63, 3.8) is 0 Å². The maximum Gasteiger partial charge on any atom is 0.308 e. The van der Waals surface area contributed by atoms with Gasteiger partial charge >= 0.3 is 11.9 Å². The van der Waals surface area contributed by atoms with Gasteiger partial charge in [0, 0.05) is 10.7 Å². The van der Waals surface area contributed by atoms with Crippen molar-refractivity contribution in [2.24, 2.45) is 11.8 Å². The second kappa shape index (κ2) is 5.53. The quantitative estimate of drug-likeness (QED) is 0.748. The Morgan fingerprint density at radius 3 is 1.33 bits per heavy atom. The van der Waals surface area contributed by atoms with E-state index in [1.165, 1.54) is 0 Å². The lowest BCUT2D eigenvalue weighted by Crippen LogP contribution is -2.32. The van der Waals surface area contributed by atoms with Crippen LogP contribution in [-0.2, 0) is 9.59 Å². The third kappa shape index (κ3) is 3.10. The number of carboxylic acids is 2. The summed E-state index contributed by atoms with van der Waals surface area (Å²) < 4.78 is 0. The van der Waals surface area contributed by atoms with Crippen LogP contribution >= 0.6 is 31.9 Å². The molecular weight excluding hydrogens is 296 g/mol. The van der Waals surface area contributed by atoms with Crippen LogP contribution in [0.4, 0.5) is 0 Å². The van der Waals surface area contributed by atoms with Crippen molar-refractivity contribution in [2.75, 3.05) is 10.7 Å². The highest BCUT2D eigenvalue weighted by Crippen LogP contribution is 2.17. The number of aliphatic carboxylic acids is 2. The molecular formula is C6H8Br2O4. The zero-order chi connectivity index (χ0) is 9.72. The van der Waals surface area contributed by atoms with Crippen LogP contribution < -0.4 is 0 Å². The van der Waals surface area contributed by atoms with Crippen LogP contribution in [0.25, 0.3) is 0 Å². The van der Waals surface area contributed by atoms with E-state index in [0.717, 1.165) is 0 Å². The topological polar surface area (TPSA) is 74.6 Å². The molecule has 0 saturated carbocycles. The van der Waals surface area contributed by atoms with Crippen molar-refractivity contribution in [2.45, 2.75) is 0 Å². The van der Waals surface area contributed by atoms with Gasteiger partial charge in [-0.1, -0.05) is 31.9 Å². The predicted octanol–water partition coefficient (Wildman–Crippen LogP) is 1.18.